The molecule has 1 aromatic carbocycles. The van der Waals surface area contributed by atoms with Gasteiger partial charge in [0, 0.05) is 25.2 Å². The zero-order chi connectivity index (χ0) is 19.8. The van der Waals surface area contributed by atoms with Crippen LogP contribution in [0.15, 0.2) is 34.9 Å². The van der Waals surface area contributed by atoms with E-state index in [0.29, 0.717) is 37.3 Å². The SMILES string of the molecule is CC1(C)C[C@@H](O)[C@@H](O)CN(Cc2coc(-c3ccc(C(F)(F)F)cc3)n2)C1. The smallest absolute Gasteiger partial charge is 0.416 e. The summed E-state index contributed by atoms with van der Waals surface area (Å²) in [5.41, 5.74) is 0.180. The molecule has 0 amide bonds. The highest BCUT2D eigenvalue weighted by Crippen LogP contribution is 2.32. The Morgan fingerprint density at radius 2 is 1.85 bits per heavy atom. The quantitative estimate of drug-likeness (QED) is 0.850. The first kappa shape index (κ1) is 19.9. The van der Waals surface area contributed by atoms with E-state index in [1.165, 1.54) is 18.4 Å². The number of aliphatic hydroxyl groups is 2. The van der Waals surface area contributed by atoms with Gasteiger partial charge in [-0.3, -0.25) is 4.90 Å². The maximum Gasteiger partial charge on any atom is 0.416 e. The fourth-order valence-electron chi connectivity index (χ4n) is 3.49. The van der Waals surface area contributed by atoms with Crippen LogP contribution in [0.4, 0.5) is 13.2 Å². The van der Waals surface area contributed by atoms with E-state index in [1.54, 1.807) is 0 Å². The van der Waals surface area contributed by atoms with E-state index in [0.717, 1.165) is 12.1 Å². The summed E-state index contributed by atoms with van der Waals surface area (Å²) in [6, 6.07) is 4.64. The molecule has 2 atom stereocenters. The van der Waals surface area contributed by atoms with E-state index in [9.17, 15) is 23.4 Å². The summed E-state index contributed by atoms with van der Waals surface area (Å²) >= 11 is 0. The number of oxazole rings is 1. The van der Waals surface area contributed by atoms with Crippen molar-refractivity contribution in [2.75, 3.05) is 13.1 Å². The lowest BCUT2D eigenvalue weighted by Gasteiger charge is -2.28. The second kappa shape index (κ2) is 7.26. The lowest BCUT2D eigenvalue weighted by Crippen LogP contribution is -2.36. The van der Waals surface area contributed by atoms with Crippen LogP contribution in [0.3, 0.4) is 0 Å². The molecule has 0 aliphatic carbocycles. The van der Waals surface area contributed by atoms with Gasteiger partial charge in [-0.05, 0) is 36.1 Å². The van der Waals surface area contributed by atoms with Gasteiger partial charge in [-0.15, -0.1) is 0 Å². The Bertz CT molecular complexity index is 771. The number of β-amino-alcohol motifs (C(OH)–C–C–N with tert-alkyl or cyclic N) is 1. The lowest BCUT2D eigenvalue weighted by molar-refractivity contribution is -0.137. The third-order valence-electron chi connectivity index (χ3n) is 4.70. The van der Waals surface area contributed by atoms with Gasteiger partial charge in [0.2, 0.25) is 5.89 Å². The summed E-state index contributed by atoms with van der Waals surface area (Å²) in [4.78, 5) is 6.35. The fraction of sp³-hybridized carbons (Fsp3) is 0.526. The molecule has 2 N–H and O–H groups in total. The number of likely N-dealkylation sites (tertiary alicyclic amines) is 1. The average Bonchev–Trinajstić information content (AvgIpc) is 2.97. The van der Waals surface area contributed by atoms with Crippen LogP contribution in [0.5, 0.6) is 0 Å². The second-order valence-electron chi connectivity index (χ2n) is 7.89. The van der Waals surface area contributed by atoms with Crippen molar-refractivity contribution in [2.45, 2.75) is 45.2 Å². The summed E-state index contributed by atoms with van der Waals surface area (Å²) in [7, 11) is 0. The van der Waals surface area contributed by atoms with E-state index >= 15 is 0 Å². The zero-order valence-corrected chi connectivity index (χ0v) is 15.2. The van der Waals surface area contributed by atoms with Crippen LogP contribution in [0.1, 0.15) is 31.5 Å². The van der Waals surface area contributed by atoms with Gasteiger partial charge in [0.05, 0.1) is 23.5 Å². The average molecular weight is 384 g/mol. The van der Waals surface area contributed by atoms with Gasteiger partial charge < -0.3 is 14.6 Å². The molecule has 0 saturated carbocycles. The Kier molecular flexibility index (Phi) is 5.33. The number of halogens is 3. The molecule has 1 aromatic heterocycles. The van der Waals surface area contributed by atoms with Gasteiger partial charge in [0.25, 0.3) is 0 Å². The minimum atomic E-state index is -4.38. The minimum absolute atomic E-state index is 0.170. The number of nitrogens with zero attached hydrogens (tertiary/aromatic N) is 2. The summed E-state index contributed by atoms with van der Waals surface area (Å²) in [6.45, 7) is 5.45. The van der Waals surface area contributed by atoms with E-state index < -0.39 is 23.9 Å². The van der Waals surface area contributed by atoms with Gasteiger partial charge in [0.15, 0.2) is 0 Å². The predicted octanol–water partition coefficient (Wildman–Crippen LogP) is 3.31. The number of aliphatic hydroxyl groups excluding tert-OH is 2. The number of alkyl halides is 3. The van der Waals surface area contributed by atoms with E-state index in [-0.39, 0.29) is 11.3 Å². The summed E-state index contributed by atoms with van der Waals surface area (Å²) in [5.74, 6) is 0.244. The molecule has 1 saturated heterocycles. The third kappa shape index (κ3) is 4.88. The third-order valence-corrected chi connectivity index (χ3v) is 4.70. The van der Waals surface area contributed by atoms with Gasteiger partial charge >= 0.3 is 6.18 Å². The van der Waals surface area contributed by atoms with Crippen molar-refractivity contribution in [1.82, 2.24) is 9.88 Å². The van der Waals surface area contributed by atoms with Crippen LogP contribution in [0.25, 0.3) is 11.5 Å². The maximum atomic E-state index is 12.7. The van der Waals surface area contributed by atoms with Crippen molar-refractivity contribution >= 4 is 0 Å². The number of hydrogen-bond donors (Lipinski definition) is 2. The molecule has 5 nitrogen and oxygen atoms in total. The number of aromatic nitrogens is 1. The Hall–Kier alpha value is -1.90. The number of benzene rings is 1. The summed E-state index contributed by atoms with van der Waals surface area (Å²) < 4.78 is 43.4. The molecule has 1 aliphatic heterocycles. The molecule has 1 aliphatic rings. The Balaban J connectivity index is 1.72. The van der Waals surface area contributed by atoms with E-state index in [2.05, 4.69) is 4.98 Å². The van der Waals surface area contributed by atoms with Crippen LogP contribution >= 0.6 is 0 Å². The first-order chi connectivity index (χ1) is 12.5. The molecular formula is C19H23F3N2O3. The van der Waals surface area contributed by atoms with Gasteiger partial charge in [0.1, 0.15) is 6.26 Å². The van der Waals surface area contributed by atoms with Gasteiger partial charge in [-0.2, -0.15) is 13.2 Å². The number of hydrogen-bond acceptors (Lipinski definition) is 5. The van der Waals surface area contributed by atoms with Gasteiger partial charge in [-0.25, -0.2) is 4.98 Å². The largest absolute Gasteiger partial charge is 0.444 e. The molecule has 2 aromatic rings. The zero-order valence-electron chi connectivity index (χ0n) is 15.2. The van der Waals surface area contributed by atoms with Crippen LogP contribution in [-0.4, -0.2) is 45.4 Å². The molecular weight excluding hydrogens is 361 g/mol. The van der Waals surface area contributed by atoms with Crippen LogP contribution in [-0.2, 0) is 12.7 Å². The van der Waals surface area contributed by atoms with Crippen molar-refractivity contribution < 1.29 is 27.8 Å². The second-order valence-corrected chi connectivity index (χ2v) is 7.89. The van der Waals surface area contributed by atoms with Crippen molar-refractivity contribution in [1.29, 1.82) is 0 Å². The first-order valence-electron chi connectivity index (χ1n) is 8.74. The van der Waals surface area contributed by atoms with Crippen LogP contribution in [0, 0.1) is 5.41 Å². The topological polar surface area (TPSA) is 69.7 Å². The van der Waals surface area contributed by atoms with E-state index in [1.807, 2.05) is 18.7 Å². The minimum Gasteiger partial charge on any atom is -0.444 e. The summed E-state index contributed by atoms with van der Waals surface area (Å²) in [6.07, 6.45) is -4.03. The molecule has 0 unspecified atom stereocenters. The molecule has 1 fully saturated rings. The predicted molar refractivity (Wildman–Crippen MR) is 92.6 cm³/mol. The highest BCUT2D eigenvalue weighted by atomic mass is 19.4. The monoisotopic (exact) mass is 384 g/mol. The van der Waals surface area contributed by atoms with Crippen molar-refractivity contribution in [2.24, 2.45) is 5.41 Å². The Labute approximate surface area is 155 Å². The Morgan fingerprint density at radius 1 is 1.19 bits per heavy atom. The molecule has 8 heteroatoms. The highest BCUT2D eigenvalue weighted by Gasteiger charge is 2.34. The standard InChI is InChI=1S/C19H23F3N2O3/c1-18(2)7-15(25)16(26)9-24(11-18)8-14-10-27-17(23-14)12-3-5-13(6-4-12)19(20,21)22/h3-6,10,15-16,25-26H,7-9,11H2,1-2H3/t15-,16+/m1/s1. The highest BCUT2D eigenvalue weighted by molar-refractivity contribution is 5.54. The van der Waals surface area contributed by atoms with Crippen LogP contribution in [0.2, 0.25) is 0 Å². The van der Waals surface area contributed by atoms with Crippen molar-refractivity contribution in [3.63, 3.8) is 0 Å². The molecule has 0 radical (unpaired) electrons. The normalized spacial score (nSPS) is 24.0. The molecule has 0 spiro atoms. The van der Waals surface area contributed by atoms with Crippen LogP contribution < -0.4 is 0 Å². The lowest BCUT2D eigenvalue weighted by atomic mass is 9.86. The molecule has 3 rings (SSSR count). The Morgan fingerprint density at radius 3 is 2.48 bits per heavy atom. The van der Waals surface area contributed by atoms with Crippen molar-refractivity contribution in [3.05, 3.63) is 41.8 Å². The number of rotatable bonds is 3. The molecule has 0 bridgehead atoms. The van der Waals surface area contributed by atoms with E-state index in [4.69, 9.17) is 4.42 Å². The molecule has 2 heterocycles. The molecule has 27 heavy (non-hydrogen) atoms. The van der Waals surface area contributed by atoms with Crippen molar-refractivity contribution in [3.8, 4) is 11.5 Å². The molecule has 148 valence electrons. The first-order valence-corrected chi connectivity index (χ1v) is 8.74. The summed E-state index contributed by atoms with van der Waals surface area (Å²) in [5, 5.41) is 20.1. The van der Waals surface area contributed by atoms with Gasteiger partial charge in [-0.1, -0.05) is 13.8 Å². The maximum absolute atomic E-state index is 12.7. The fourth-order valence-corrected chi connectivity index (χ4v) is 3.49.